The Kier molecular flexibility index (Phi) is 6.97. The minimum atomic E-state index is -0.763. The normalized spacial score (nSPS) is 11.4. The highest BCUT2D eigenvalue weighted by Crippen LogP contribution is 2.13. The molecule has 1 heterocycles. The van der Waals surface area contributed by atoms with Crippen LogP contribution >= 0.6 is 0 Å². The molecule has 0 aliphatic rings. The maximum atomic E-state index is 10.5. The van der Waals surface area contributed by atoms with Crippen LogP contribution in [0.25, 0.3) is 0 Å². The summed E-state index contributed by atoms with van der Waals surface area (Å²) in [7, 11) is 5.38. The van der Waals surface area contributed by atoms with Gasteiger partial charge in [0.05, 0.1) is 6.20 Å². The predicted molar refractivity (Wildman–Crippen MR) is 68.1 cm³/mol. The molecule has 1 atom stereocenters. The van der Waals surface area contributed by atoms with E-state index in [1.54, 1.807) is 6.20 Å². The van der Waals surface area contributed by atoms with E-state index in [0.29, 0.717) is 6.54 Å². The zero-order chi connectivity index (χ0) is 13.4. The molecule has 6 heteroatoms. The Hall–Kier alpha value is -1.56. The third-order valence-corrected chi connectivity index (χ3v) is 2.16. The Morgan fingerprint density at radius 3 is 2.65 bits per heavy atom. The fraction of sp³-hybridized carbons (Fsp3) is 0.636. The van der Waals surface area contributed by atoms with E-state index < -0.39 is 5.97 Å². The first-order valence-corrected chi connectivity index (χ1v) is 5.49. The Balaban J connectivity index is 0.00000121. The summed E-state index contributed by atoms with van der Waals surface area (Å²) in [6.45, 7) is 2.54. The molecular formula is C11H22N4O2. The summed E-state index contributed by atoms with van der Waals surface area (Å²) >= 11 is 0. The Labute approximate surface area is 102 Å². The van der Waals surface area contributed by atoms with E-state index >= 15 is 0 Å². The molecule has 0 radical (unpaired) electrons. The number of hydrogen-bond donors (Lipinski definition) is 2. The van der Waals surface area contributed by atoms with Gasteiger partial charge in [0, 0.05) is 33.1 Å². The van der Waals surface area contributed by atoms with Gasteiger partial charge in [-0.1, -0.05) is 6.92 Å². The molecule has 0 aliphatic carbocycles. The van der Waals surface area contributed by atoms with Gasteiger partial charge in [0.25, 0.3) is 0 Å². The van der Waals surface area contributed by atoms with E-state index in [1.807, 2.05) is 36.7 Å². The lowest BCUT2D eigenvalue weighted by molar-refractivity contribution is -0.138. The summed E-state index contributed by atoms with van der Waals surface area (Å²) in [5, 5.41) is 12.8. The summed E-state index contributed by atoms with van der Waals surface area (Å²) in [5.41, 5.74) is 4.50. The molecule has 1 rings (SSSR count). The number of carboxylic acid groups (broad SMARTS) is 1. The zero-order valence-electron chi connectivity index (χ0n) is 10.9. The molecule has 0 spiro atoms. The van der Waals surface area contributed by atoms with Gasteiger partial charge in [0.1, 0.15) is 5.82 Å². The van der Waals surface area contributed by atoms with Crippen molar-refractivity contribution in [2.24, 2.45) is 11.7 Å². The van der Waals surface area contributed by atoms with Crippen molar-refractivity contribution in [3.05, 3.63) is 12.3 Å². The van der Waals surface area contributed by atoms with Crippen molar-refractivity contribution < 1.29 is 9.90 Å². The summed E-state index contributed by atoms with van der Waals surface area (Å²) in [6.07, 6.45) is 1.90. The highest BCUT2D eigenvalue weighted by Gasteiger charge is 2.11. The minimum absolute atomic E-state index is 0.0844. The minimum Gasteiger partial charge on any atom is -0.481 e. The Morgan fingerprint density at radius 2 is 2.18 bits per heavy atom. The first-order chi connectivity index (χ1) is 8.00. The van der Waals surface area contributed by atoms with Gasteiger partial charge in [-0.3, -0.25) is 4.79 Å². The van der Waals surface area contributed by atoms with Gasteiger partial charge >= 0.3 is 5.97 Å². The number of aliphatic carboxylic acids is 1. The molecule has 1 aromatic heterocycles. The molecular weight excluding hydrogens is 220 g/mol. The van der Waals surface area contributed by atoms with Crippen molar-refractivity contribution in [3.63, 3.8) is 0 Å². The maximum absolute atomic E-state index is 10.5. The lowest BCUT2D eigenvalue weighted by Crippen LogP contribution is -2.19. The number of nitrogens with zero attached hydrogens (tertiary/aromatic N) is 3. The molecule has 0 amide bonds. The van der Waals surface area contributed by atoms with Gasteiger partial charge in [-0.05, 0) is 13.0 Å². The summed E-state index contributed by atoms with van der Waals surface area (Å²) in [6, 6.07) is 1.91. The van der Waals surface area contributed by atoms with Gasteiger partial charge in [-0.2, -0.15) is 5.10 Å². The third kappa shape index (κ3) is 5.35. The topological polar surface area (TPSA) is 84.4 Å². The van der Waals surface area contributed by atoms with E-state index in [1.165, 1.54) is 7.05 Å². The van der Waals surface area contributed by atoms with Crippen LogP contribution in [0.3, 0.4) is 0 Å². The predicted octanol–water partition coefficient (Wildman–Crippen LogP) is 0.635. The largest absolute Gasteiger partial charge is 0.481 e. The smallest absolute Gasteiger partial charge is 0.303 e. The number of carbonyl (C=O) groups is 1. The van der Waals surface area contributed by atoms with Crippen LogP contribution in [0.4, 0.5) is 5.82 Å². The number of hydrogen-bond acceptors (Lipinski definition) is 4. The quantitative estimate of drug-likeness (QED) is 0.791. The van der Waals surface area contributed by atoms with Gasteiger partial charge in [0.15, 0.2) is 0 Å². The Bertz CT molecular complexity index is 336. The van der Waals surface area contributed by atoms with Crippen LogP contribution in [0.5, 0.6) is 0 Å². The number of nitrogens with two attached hydrogens (primary N) is 1. The summed E-state index contributed by atoms with van der Waals surface area (Å²) in [5.74, 6) is 0.314. The number of rotatable bonds is 5. The van der Waals surface area contributed by atoms with E-state index in [9.17, 15) is 4.79 Å². The van der Waals surface area contributed by atoms with Crippen molar-refractivity contribution in [2.45, 2.75) is 19.9 Å². The van der Waals surface area contributed by atoms with E-state index in [-0.39, 0.29) is 12.3 Å². The molecule has 0 fully saturated rings. The molecule has 0 aliphatic heterocycles. The number of carboxylic acids is 1. The highest BCUT2D eigenvalue weighted by atomic mass is 16.4. The lowest BCUT2D eigenvalue weighted by Gasteiger charge is -2.16. The molecule has 6 nitrogen and oxygen atoms in total. The van der Waals surface area contributed by atoms with Crippen molar-refractivity contribution in [1.29, 1.82) is 0 Å². The van der Waals surface area contributed by atoms with Crippen LogP contribution < -0.4 is 10.6 Å². The number of aromatic nitrogens is 2. The molecule has 1 aromatic rings. The van der Waals surface area contributed by atoms with Gasteiger partial charge in [0.2, 0.25) is 0 Å². The SMILES string of the molecule is CC(CC(=O)O)Cn1nccc1N(C)C.CN. The summed E-state index contributed by atoms with van der Waals surface area (Å²) < 4.78 is 1.83. The van der Waals surface area contributed by atoms with Gasteiger partial charge in [-0.15, -0.1) is 0 Å². The van der Waals surface area contributed by atoms with Crippen molar-refractivity contribution >= 4 is 11.8 Å². The van der Waals surface area contributed by atoms with Crippen LogP contribution in [-0.4, -0.2) is 42.0 Å². The monoisotopic (exact) mass is 242 g/mol. The first-order valence-electron chi connectivity index (χ1n) is 5.49. The second-order valence-electron chi connectivity index (χ2n) is 3.97. The molecule has 0 saturated carbocycles. The fourth-order valence-corrected chi connectivity index (χ4v) is 1.50. The van der Waals surface area contributed by atoms with Gasteiger partial charge < -0.3 is 15.7 Å². The molecule has 3 N–H and O–H groups in total. The third-order valence-electron chi connectivity index (χ3n) is 2.16. The first kappa shape index (κ1) is 15.4. The zero-order valence-corrected chi connectivity index (χ0v) is 10.9. The second-order valence-corrected chi connectivity index (χ2v) is 3.97. The standard InChI is InChI=1S/C10H17N3O2.CH5N/c1-8(6-10(14)15)7-13-9(12(2)3)4-5-11-13;1-2/h4-5,8H,6-7H2,1-3H3,(H,14,15);2H2,1H3. The average molecular weight is 242 g/mol. The van der Waals surface area contributed by atoms with Crippen LogP contribution in [0.15, 0.2) is 12.3 Å². The van der Waals surface area contributed by atoms with Crippen molar-refractivity contribution in [2.75, 3.05) is 26.0 Å². The molecule has 1 unspecified atom stereocenters. The molecule has 0 saturated heterocycles. The van der Waals surface area contributed by atoms with Crippen LogP contribution in [-0.2, 0) is 11.3 Å². The second kappa shape index (κ2) is 7.67. The fourth-order valence-electron chi connectivity index (χ4n) is 1.50. The number of anilines is 1. The molecule has 17 heavy (non-hydrogen) atoms. The van der Waals surface area contributed by atoms with Gasteiger partial charge in [-0.25, -0.2) is 4.68 Å². The Morgan fingerprint density at radius 1 is 1.59 bits per heavy atom. The molecule has 0 aromatic carbocycles. The molecule has 98 valence electrons. The van der Waals surface area contributed by atoms with Crippen LogP contribution in [0, 0.1) is 5.92 Å². The van der Waals surface area contributed by atoms with E-state index in [0.717, 1.165) is 5.82 Å². The van der Waals surface area contributed by atoms with Crippen molar-refractivity contribution in [3.8, 4) is 0 Å². The van der Waals surface area contributed by atoms with Crippen molar-refractivity contribution in [1.82, 2.24) is 9.78 Å². The van der Waals surface area contributed by atoms with Crippen LogP contribution in [0.2, 0.25) is 0 Å². The van der Waals surface area contributed by atoms with E-state index in [4.69, 9.17) is 5.11 Å². The molecule has 0 bridgehead atoms. The van der Waals surface area contributed by atoms with Crippen LogP contribution in [0.1, 0.15) is 13.3 Å². The van der Waals surface area contributed by atoms with E-state index in [2.05, 4.69) is 10.8 Å². The lowest BCUT2D eigenvalue weighted by atomic mass is 10.1. The maximum Gasteiger partial charge on any atom is 0.303 e. The highest BCUT2D eigenvalue weighted by molar-refractivity contribution is 5.66. The summed E-state index contributed by atoms with van der Waals surface area (Å²) in [4.78, 5) is 12.5. The average Bonchev–Trinajstić information content (AvgIpc) is 2.67.